The van der Waals surface area contributed by atoms with Crippen LogP contribution in [-0.2, 0) is 16.1 Å². The largest absolute Gasteiger partial charge is 0.326 e. The molecule has 10 nitrogen and oxygen atoms in total. The number of rotatable bonds is 7. The van der Waals surface area contributed by atoms with Gasteiger partial charge in [0.05, 0.1) is 12.1 Å². The molecule has 1 aliphatic heterocycles. The fourth-order valence-electron chi connectivity index (χ4n) is 4.86. The Morgan fingerprint density at radius 2 is 1.85 bits per heavy atom. The lowest BCUT2D eigenvalue weighted by Gasteiger charge is -2.24. The Labute approximate surface area is 242 Å². The van der Waals surface area contributed by atoms with Gasteiger partial charge >= 0.3 is 0 Å². The van der Waals surface area contributed by atoms with E-state index in [9.17, 15) is 18.8 Å². The van der Waals surface area contributed by atoms with Crippen molar-refractivity contribution < 1.29 is 23.2 Å². The summed E-state index contributed by atoms with van der Waals surface area (Å²) < 4.78 is 30.7. The topological polar surface area (TPSA) is 123 Å². The second-order valence-corrected chi connectivity index (χ2v) is 10.9. The average Bonchev–Trinajstić information content (AvgIpc) is 3.49. The highest BCUT2D eigenvalue weighted by Gasteiger charge is 2.49. The predicted molar refractivity (Wildman–Crippen MR) is 151 cm³/mol. The second-order valence-electron chi connectivity index (χ2n) is 10.1. The van der Waals surface area contributed by atoms with Crippen LogP contribution in [0.1, 0.15) is 35.2 Å². The number of nitrogens with one attached hydrogen (secondary N) is 1. The van der Waals surface area contributed by atoms with Gasteiger partial charge in [-0.15, -0.1) is 0 Å². The minimum Gasteiger partial charge on any atom is -0.326 e. The maximum atomic E-state index is 15.2. The number of alkyl halides is 2. The molecule has 1 fully saturated rings. The lowest BCUT2D eigenvalue weighted by atomic mass is 10.0. The molecule has 0 saturated carbocycles. The van der Waals surface area contributed by atoms with Crippen molar-refractivity contribution >= 4 is 50.2 Å². The van der Waals surface area contributed by atoms with Crippen LogP contribution in [0.2, 0.25) is 0 Å². The van der Waals surface area contributed by atoms with Crippen LogP contribution in [0.4, 0.5) is 14.6 Å². The van der Waals surface area contributed by atoms with Crippen molar-refractivity contribution in [1.82, 2.24) is 29.6 Å². The predicted octanol–water partition coefficient (Wildman–Crippen LogP) is 4.39. The van der Waals surface area contributed by atoms with Crippen molar-refractivity contribution in [1.29, 1.82) is 0 Å². The Morgan fingerprint density at radius 1 is 1.12 bits per heavy atom. The summed E-state index contributed by atoms with van der Waals surface area (Å²) in [4.78, 5) is 52.9. The number of ketones is 1. The molecule has 2 atom stereocenters. The summed E-state index contributed by atoms with van der Waals surface area (Å²) in [5, 5.41) is 7.52. The summed E-state index contributed by atoms with van der Waals surface area (Å²) in [5.41, 5.74) is 0.417. The SMILES string of the molecule is CC(=O)c1nn(CC(=O)N2C[C@@](F)(CF)C[C@H]2C(=O)Nc2nc(Br)ccc2C)c2ccc(-c3cnc(C)nc3)cc12. The molecular weight excluding hydrogens is 600 g/mol. The van der Waals surface area contributed by atoms with Gasteiger partial charge in [-0.2, -0.15) is 5.10 Å². The van der Waals surface area contributed by atoms with Crippen molar-refractivity contribution in [2.45, 2.75) is 45.4 Å². The number of carbonyl (C=O) groups is 3. The van der Waals surface area contributed by atoms with E-state index < -0.39 is 49.7 Å². The molecule has 0 radical (unpaired) electrons. The Morgan fingerprint density at radius 3 is 2.54 bits per heavy atom. The number of Topliss-reactive ketones (excluding diaryl/α,β-unsaturated/α-hetero) is 1. The summed E-state index contributed by atoms with van der Waals surface area (Å²) in [5.74, 6) is -0.777. The van der Waals surface area contributed by atoms with Gasteiger partial charge in [0.25, 0.3) is 0 Å². The van der Waals surface area contributed by atoms with Gasteiger partial charge in [-0.05, 0) is 59.1 Å². The van der Waals surface area contributed by atoms with Crippen molar-refractivity contribution in [3.8, 4) is 11.1 Å². The highest BCUT2D eigenvalue weighted by atomic mass is 79.9. The monoisotopic (exact) mass is 625 g/mol. The minimum absolute atomic E-state index is 0.151. The number of halogens is 3. The van der Waals surface area contributed by atoms with E-state index in [-0.39, 0.29) is 17.3 Å². The molecule has 41 heavy (non-hydrogen) atoms. The van der Waals surface area contributed by atoms with Crippen molar-refractivity contribution in [3.63, 3.8) is 0 Å². The maximum Gasteiger partial charge on any atom is 0.248 e. The number of fused-ring (bicyclic) bond motifs is 1. The summed E-state index contributed by atoms with van der Waals surface area (Å²) >= 11 is 3.25. The van der Waals surface area contributed by atoms with E-state index in [1.165, 1.54) is 11.6 Å². The van der Waals surface area contributed by atoms with E-state index in [2.05, 4.69) is 41.3 Å². The summed E-state index contributed by atoms with van der Waals surface area (Å²) in [6.45, 7) is 2.54. The van der Waals surface area contributed by atoms with Crippen LogP contribution in [0.5, 0.6) is 0 Å². The van der Waals surface area contributed by atoms with Crippen LogP contribution in [0.3, 0.4) is 0 Å². The van der Waals surface area contributed by atoms with Crippen molar-refractivity contribution in [2.75, 3.05) is 18.5 Å². The van der Waals surface area contributed by atoms with E-state index in [0.29, 0.717) is 26.9 Å². The zero-order valence-electron chi connectivity index (χ0n) is 22.5. The Kier molecular flexibility index (Phi) is 7.64. The number of hydrogen-bond donors (Lipinski definition) is 1. The maximum absolute atomic E-state index is 15.2. The summed E-state index contributed by atoms with van der Waals surface area (Å²) in [6, 6.07) is 7.44. The third kappa shape index (κ3) is 5.71. The summed E-state index contributed by atoms with van der Waals surface area (Å²) in [6.07, 6.45) is 2.83. The van der Waals surface area contributed by atoms with Gasteiger partial charge in [0, 0.05) is 36.7 Å². The third-order valence-corrected chi connectivity index (χ3v) is 7.48. The molecule has 212 valence electrons. The number of benzene rings is 1. The van der Waals surface area contributed by atoms with Crippen molar-refractivity contribution in [2.24, 2.45) is 0 Å². The Balaban J connectivity index is 1.44. The molecule has 4 heterocycles. The zero-order valence-corrected chi connectivity index (χ0v) is 24.1. The van der Waals surface area contributed by atoms with Gasteiger partial charge < -0.3 is 10.2 Å². The van der Waals surface area contributed by atoms with Gasteiger partial charge in [0.2, 0.25) is 11.8 Å². The first-order valence-electron chi connectivity index (χ1n) is 12.8. The molecule has 13 heteroatoms. The number of anilines is 1. The van der Waals surface area contributed by atoms with E-state index in [1.54, 1.807) is 56.6 Å². The van der Waals surface area contributed by atoms with Gasteiger partial charge in [-0.3, -0.25) is 19.1 Å². The number of likely N-dealkylation sites (tertiary alicyclic amines) is 1. The molecule has 0 unspecified atom stereocenters. The van der Waals surface area contributed by atoms with E-state index in [4.69, 9.17) is 0 Å². The number of carbonyl (C=O) groups excluding carboxylic acids is 3. The molecule has 0 aliphatic carbocycles. The van der Waals surface area contributed by atoms with Crippen LogP contribution < -0.4 is 5.32 Å². The number of aryl methyl sites for hydroxylation is 2. The Hall–Kier alpha value is -4.13. The van der Waals surface area contributed by atoms with Crippen LogP contribution in [0.25, 0.3) is 22.0 Å². The number of nitrogens with zero attached hydrogens (tertiary/aromatic N) is 6. The number of hydrogen-bond acceptors (Lipinski definition) is 7. The molecule has 1 aliphatic rings. The quantitative estimate of drug-likeness (QED) is 0.239. The van der Waals surface area contributed by atoms with E-state index in [0.717, 1.165) is 16.0 Å². The molecule has 1 aromatic carbocycles. The molecule has 0 bridgehead atoms. The van der Waals surface area contributed by atoms with Crippen LogP contribution in [0, 0.1) is 13.8 Å². The lowest BCUT2D eigenvalue weighted by Crippen LogP contribution is -2.45. The fraction of sp³-hybridized carbons (Fsp3) is 0.321. The minimum atomic E-state index is -2.38. The molecule has 1 saturated heterocycles. The van der Waals surface area contributed by atoms with E-state index >= 15 is 4.39 Å². The molecule has 5 rings (SSSR count). The van der Waals surface area contributed by atoms with Crippen LogP contribution >= 0.6 is 15.9 Å². The first kappa shape index (κ1) is 28.4. The lowest BCUT2D eigenvalue weighted by molar-refractivity contribution is -0.137. The summed E-state index contributed by atoms with van der Waals surface area (Å²) in [7, 11) is 0. The second kappa shape index (κ2) is 11.0. The molecule has 2 amide bonds. The molecule has 3 aromatic heterocycles. The first-order valence-corrected chi connectivity index (χ1v) is 13.6. The molecule has 1 N–H and O–H groups in total. The van der Waals surface area contributed by atoms with Crippen LogP contribution in [0.15, 0.2) is 47.3 Å². The molecular formula is C28H26BrF2N7O3. The van der Waals surface area contributed by atoms with Crippen molar-refractivity contribution in [3.05, 3.63) is 64.4 Å². The van der Waals surface area contributed by atoms with Gasteiger partial charge in [0.15, 0.2) is 11.5 Å². The van der Waals surface area contributed by atoms with Gasteiger partial charge in [-0.25, -0.2) is 23.7 Å². The third-order valence-electron chi connectivity index (χ3n) is 7.04. The van der Waals surface area contributed by atoms with Crippen LogP contribution in [-0.4, -0.2) is 72.2 Å². The highest BCUT2D eigenvalue weighted by Crippen LogP contribution is 2.33. The number of amides is 2. The average molecular weight is 626 g/mol. The van der Waals surface area contributed by atoms with E-state index in [1.807, 2.05) is 0 Å². The number of pyridine rings is 1. The molecule has 0 spiro atoms. The number of aromatic nitrogens is 5. The smallest absolute Gasteiger partial charge is 0.248 e. The standard InChI is InChI=1S/C28H26BrF2N7O3/c1-15-4-7-23(29)34-26(15)35-27(41)22-9-28(31,13-30)14-37(22)24(40)12-38-21-6-5-18(19-10-32-17(3)33-11-19)8-20(21)25(36-38)16(2)39/h4-8,10-11,22H,9,12-14H2,1-3H3,(H,34,35,41)/t22-,28-/m0/s1. The van der Waals surface area contributed by atoms with Gasteiger partial charge in [-0.1, -0.05) is 12.1 Å². The fourth-order valence-corrected chi connectivity index (χ4v) is 5.17. The Bertz CT molecular complexity index is 1680. The zero-order chi connectivity index (χ0) is 29.5. The normalized spacial score (nSPS) is 18.6. The molecule has 4 aromatic rings. The highest BCUT2D eigenvalue weighted by molar-refractivity contribution is 9.10. The first-order chi connectivity index (χ1) is 19.5. The van der Waals surface area contributed by atoms with Gasteiger partial charge in [0.1, 0.15) is 41.2 Å².